The van der Waals surface area contributed by atoms with Crippen molar-refractivity contribution in [1.29, 1.82) is 10.5 Å². The topological polar surface area (TPSA) is 141 Å². The molecule has 40 heavy (non-hydrogen) atoms. The van der Waals surface area contributed by atoms with Crippen molar-refractivity contribution in [2.75, 3.05) is 10.6 Å². The number of hydrogen-bond donors (Lipinski definition) is 1. The van der Waals surface area contributed by atoms with Gasteiger partial charge in [-0.25, -0.2) is 9.88 Å². The number of aromatic nitrogens is 1. The van der Waals surface area contributed by atoms with Gasteiger partial charge in [0.25, 0.3) is 0 Å². The Balaban J connectivity index is 1.33. The van der Waals surface area contributed by atoms with Gasteiger partial charge in [-0.15, -0.1) is 0 Å². The van der Waals surface area contributed by atoms with E-state index < -0.39 is 17.1 Å². The van der Waals surface area contributed by atoms with Gasteiger partial charge >= 0.3 is 0 Å². The Hall–Kier alpha value is -4.15. The highest BCUT2D eigenvalue weighted by atomic mass is 35.5. The van der Waals surface area contributed by atoms with E-state index in [2.05, 4.69) is 11.1 Å². The zero-order chi connectivity index (χ0) is 28.6. The molecule has 2 N–H and O–H groups in total. The van der Waals surface area contributed by atoms with Gasteiger partial charge in [0.05, 0.1) is 32.1 Å². The summed E-state index contributed by atoms with van der Waals surface area (Å²) in [5, 5.41) is 19.6. The van der Waals surface area contributed by atoms with E-state index in [1.165, 1.54) is 30.3 Å². The second kappa shape index (κ2) is 11.1. The molecule has 2 heterocycles. The number of benzene rings is 2. The average Bonchev–Trinajstić information content (AvgIpc) is 3.74. The van der Waals surface area contributed by atoms with Gasteiger partial charge in [0.2, 0.25) is 11.8 Å². The number of anilines is 2. The molecule has 0 radical (unpaired) electrons. The van der Waals surface area contributed by atoms with Gasteiger partial charge in [-0.1, -0.05) is 47.1 Å². The molecule has 1 unspecified atom stereocenters. The van der Waals surface area contributed by atoms with Crippen LogP contribution in [0.4, 0.5) is 11.5 Å². The minimum Gasteiger partial charge on any atom is -0.383 e. The SMILES string of the molecule is N#Cc1c(N)nc(SC2CC(=O)N(c3ccc(C(=O)C=Cc4ccc(Cl)c(Cl)c4)cc3)C2=O)c(C#N)c1C1CC1. The van der Waals surface area contributed by atoms with Crippen molar-refractivity contribution < 1.29 is 14.4 Å². The van der Waals surface area contributed by atoms with Gasteiger partial charge in [0.15, 0.2) is 5.78 Å². The number of pyridine rings is 1. The zero-order valence-electron chi connectivity index (χ0n) is 20.7. The van der Waals surface area contributed by atoms with Gasteiger partial charge in [-0.2, -0.15) is 10.5 Å². The van der Waals surface area contributed by atoms with Crippen LogP contribution in [-0.2, 0) is 9.59 Å². The molecule has 2 aromatic carbocycles. The van der Waals surface area contributed by atoms with Crippen LogP contribution in [0.1, 0.15) is 57.8 Å². The maximum atomic E-state index is 13.3. The number of nitrogens with zero attached hydrogens (tertiary/aromatic N) is 4. The highest BCUT2D eigenvalue weighted by molar-refractivity contribution is 8.00. The lowest BCUT2D eigenvalue weighted by molar-refractivity contribution is -0.121. The van der Waals surface area contributed by atoms with Crippen molar-refractivity contribution in [2.45, 2.75) is 35.5 Å². The first kappa shape index (κ1) is 27.4. The summed E-state index contributed by atoms with van der Waals surface area (Å²) in [6.07, 6.45) is 4.60. The van der Waals surface area contributed by atoms with Crippen LogP contribution in [-0.4, -0.2) is 27.8 Å². The quantitative estimate of drug-likeness (QED) is 0.204. The fraction of sp³-hybridized carbons (Fsp3) is 0.172. The number of nitrogen functional groups attached to an aromatic ring is 1. The van der Waals surface area contributed by atoms with Crippen molar-refractivity contribution in [3.8, 4) is 12.1 Å². The summed E-state index contributed by atoms with van der Waals surface area (Å²) >= 11 is 12.9. The summed E-state index contributed by atoms with van der Waals surface area (Å²) in [6, 6.07) is 15.3. The van der Waals surface area contributed by atoms with Crippen molar-refractivity contribution in [1.82, 2.24) is 4.98 Å². The van der Waals surface area contributed by atoms with E-state index in [1.807, 2.05) is 6.07 Å². The molecule has 1 atom stereocenters. The molecule has 1 saturated carbocycles. The number of rotatable bonds is 7. The normalized spacial score (nSPS) is 16.8. The molecule has 1 aromatic heterocycles. The first-order valence-corrected chi connectivity index (χ1v) is 13.8. The molecular formula is C29H19Cl2N5O3S. The molecule has 5 rings (SSSR count). The molecule has 3 aromatic rings. The van der Waals surface area contributed by atoms with E-state index in [9.17, 15) is 24.9 Å². The first-order valence-electron chi connectivity index (χ1n) is 12.2. The highest BCUT2D eigenvalue weighted by Gasteiger charge is 2.42. The van der Waals surface area contributed by atoms with E-state index in [-0.39, 0.29) is 40.1 Å². The summed E-state index contributed by atoms with van der Waals surface area (Å²) in [5.74, 6) is -1.08. The van der Waals surface area contributed by atoms with Crippen molar-refractivity contribution >= 4 is 70.1 Å². The number of thioether (sulfide) groups is 1. The number of carbonyl (C=O) groups is 3. The van der Waals surface area contributed by atoms with Gasteiger partial charge in [-0.05, 0) is 72.4 Å². The predicted molar refractivity (Wildman–Crippen MR) is 153 cm³/mol. The Kier molecular flexibility index (Phi) is 7.64. The lowest BCUT2D eigenvalue weighted by Gasteiger charge is -2.16. The zero-order valence-corrected chi connectivity index (χ0v) is 23.1. The summed E-state index contributed by atoms with van der Waals surface area (Å²) in [4.78, 5) is 44.1. The molecule has 198 valence electrons. The van der Waals surface area contributed by atoms with E-state index in [0.29, 0.717) is 32.4 Å². The predicted octanol–water partition coefficient (Wildman–Crippen LogP) is 5.91. The third-order valence-corrected chi connectivity index (χ3v) is 8.49. The van der Waals surface area contributed by atoms with Crippen LogP contribution in [0.5, 0.6) is 0 Å². The molecule has 0 bridgehead atoms. The van der Waals surface area contributed by atoms with Crippen LogP contribution < -0.4 is 10.6 Å². The van der Waals surface area contributed by atoms with E-state index in [4.69, 9.17) is 28.9 Å². The number of imide groups is 1. The van der Waals surface area contributed by atoms with Gasteiger partial charge < -0.3 is 5.73 Å². The molecule has 2 fully saturated rings. The van der Waals surface area contributed by atoms with E-state index in [0.717, 1.165) is 29.5 Å². The smallest absolute Gasteiger partial charge is 0.247 e. The Morgan fingerprint density at radius 2 is 1.75 bits per heavy atom. The Labute approximate surface area is 244 Å². The first-order chi connectivity index (χ1) is 19.2. The minimum absolute atomic E-state index is 0.00740. The standard InChI is InChI=1S/C29H19Cl2N5O3S/c30-21-9-1-15(11-22(21)31)2-10-23(37)16-5-7-18(8-6-16)36-25(38)12-24(29(36)39)40-28-20(14-33)26(17-3-4-17)19(13-32)27(34)35-28/h1-2,5-11,17,24H,3-4,12H2,(H2,34,35). The van der Waals surface area contributed by atoms with Crippen LogP contribution in [0, 0.1) is 22.7 Å². The number of allylic oxidation sites excluding steroid dienone is 1. The number of nitriles is 2. The Bertz CT molecular complexity index is 1690. The maximum absolute atomic E-state index is 13.3. The lowest BCUT2D eigenvalue weighted by atomic mass is 10.0. The molecular weight excluding hydrogens is 569 g/mol. The van der Waals surface area contributed by atoms with Crippen molar-refractivity contribution in [2.24, 2.45) is 0 Å². The second-order valence-electron chi connectivity index (χ2n) is 9.26. The molecule has 8 nitrogen and oxygen atoms in total. The largest absolute Gasteiger partial charge is 0.383 e. The number of halogens is 2. The Morgan fingerprint density at radius 3 is 2.38 bits per heavy atom. The highest BCUT2D eigenvalue weighted by Crippen LogP contribution is 2.47. The summed E-state index contributed by atoms with van der Waals surface area (Å²) in [5.41, 5.74) is 8.42. The fourth-order valence-corrected chi connectivity index (χ4v) is 5.88. The fourth-order valence-electron chi connectivity index (χ4n) is 4.45. The molecule has 11 heteroatoms. The van der Waals surface area contributed by atoms with Crippen molar-refractivity contribution in [3.63, 3.8) is 0 Å². The van der Waals surface area contributed by atoms with Crippen LogP contribution in [0.3, 0.4) is 0 Å². The number of carbonyl (C=O) groups excluding carboxylic acids is 3. The van der Waals surface area contributed by atoms with E-state index in [1.54, 1.807) is 24.3 Å². The third-order valence-electron chi connectivity index (χ3n) is 6.58. The van der Waals surface area contributed by atoms with Crippen LogP contribution >= 0.6 is 35.0 Å². The van der Waals surface area contributed by atoms with Gasteiger partial charge in [-0.3, -0.25) is 14.4 Å². The summed E-state index contributed by atoms with van der Waals surface area (Å²) < 4.78 is 0. The minimum atomic E-state index is -0.818. The second-order valence-corrected chi connectivity index (χ2v) is 11.3. The number of amides is 2. The molecule has 2 amide bonds. The molecule has 1 aliphatic heterocycles. The van der Waals surface area contributed by atoms with Crippen LogP contribution in [0.15, 0.2) is 53.6 Å². The monoisotopic (exact) mass is 587 g/mol. The molecule has 1 saturated heterocycles. The third kappa shape index (κ3) is 5.32. The van der Waals surface area contributed by atoms with Gasteiger partial charge in [0, 0.05) is 12.0 Å². The van der Waals surface area contributed by atoms with E-state index >= 15 is 0 Å². The van der Waals surface area contributed by atoms with Crippen LogP contribution in [0.2, 0.25) is 10.0 Å². The number of ketones is 1. The number of nitrogens with two attached hydrogens (primary N) is 1. The van der Waals surface area contributed by atoms with Crippen molar-refractivity contribution in [3.05, 3.63) is 86.4 Å². The van der Waals surface area contributed by atoms with Crippen LogP contribution in [0.25, 0.3) is 6.08 Å². The number of hydrogen-bond acceptors (Lipinski definition) is 8. The van der Waals surface area contributed by atoms with Gasteiger partial charge in [0.1, 0.15) is 23.0 Å². The molecule has 1 aliphatic carbocycles. The summed E-state index contributed by atoms with van der Waals surface area (Å²) in [6.45, 7) is 0. The summed E-state index contributed by atoms with van der Waals surface area (Å²) in [7, 11) is 0. The maximum Gasteiger partial charge on any atom is 0.247 e. The average molecular weight is 588 g/mol. The Morgan fingerprint density at radius 1 is 1.05 bits per heavy atom. The molecule has 2 aliphatic rings. The molecule has 0 spiro atoms. The lowest BCUT2D eigenvalue weighted by Crippen LogP contribution is -2.31.